The van der Waals surface area contributed by atoms with E-state index in [1.807, 2.05) is 42.5 Å². The van der Waals surface area contributed by atoms with Crippen LogP contribution in [0, 0.1) is 5.92 Å². The van der Waals surface area contributed by atoms with Gasteiger partial charge in [-0.3, -0.25) is 4.79 Å². The van der Waals surface area contributed by atoms with Crippen LogP contribution in [0.15, 0.2) is 78.9 Å². The van der Waals surface area contributed by atoms with Gasteiger partial charge in [0.25, 0.3) is 0 Å². The molecule has 5 nitrogen and oxygen atoms in total. The van der Waals surface area contributed by atoms with Crippen molar-refractivity contribution >= 4 is 17.1 Å². The topological polar surface area (TPSA) is 59.0 Å². The van der Waals surface area contributed by atoms with Gasteiger partial charge in [0.1, 0.15) is 24.2 Å². The Hall–Kier alpha value is -3.41. The molecule has 0 bridgehead atoms. The van der Waals surface area contributed by atoms with Gasteiger partial charge in [-0.1, -0.05) is 67.9 Å². The first-order chi connectivity index (χ1) is 19.1. The van der Waals surface area contributed by atoms with Crippen molar-refractivity contribution in [1.82, 2.24) is 4.90 Å². The van der Waals surface area contributed by atoms with Crippen molar-refractivity contribution in [2.45, 2.75) is 51.6 Å². The van der Waals surface area contributed by atoms with Gasteiger partial charge in [0.2, 0.25) is 0 Å². The summed E-state index contributed by atoms with van der Waals surface area (Å²) in [6.07, 6.45) is 5.92. The Bertz CT molecular complexity index is 1240. The van der Waals surface area contributed by atoms with Crippen LogP contribution in [0.5, 0.6) is 11.5 Å². The maximum atomic E-state index is 12.1. The molecule has 2 fully saturated rings. The standard InChI is InChI=1S/C34H39NO4/c1-2-32(25-9-5-3-6-10-25)33(27-15-19-31(20-16-27)39-34(37)28-11-12-28)26-13-17-30(18-14-26)38-24-29(36)23-35-21-7-4-8-22-35/h3,5-6,9-10,13-20,28-29,36H,2,4,7-8,11-12,21-24H2,1H3/b33-32+. The van der Waals surface area contributed by atoms with Crippen LogP contribution in [-0.2, 0) is 4.79 Å². The van der Waals surface area contributed by atoms with Gasteiger partial charge in [-0.15, -0.1) is 0 Å². The lowest BCUT2D eigenvalue weighted by atomic mass is 9.88. The number of esters is 1. The number of carbonyl (C=O) groups excluding carboxylic acids is 1. The van der Waals surface area contributed by atoms with Crippen LogP contribution in [0.2, 0.25) is 0 Å². The second-order valence-electron chi connectivity index (χ2n) is 10.6. The summed E-state index contributed by atoms with van der Waals surface area (Å²) in [5.41, 5.74) is 5.71. The Morgan fingerprint density at radius 2 is 1.46 bits per heavy atom. The number of aliphatic hydroxyl groups is 1. The average Bonchev–Trinajstić information content (AvgIpc) is 3.83. The van der Waals surface area contributed by atoms with Crippen LogP contribution in [0.3, 0.4) is 0 Å². The average molecular weight is 526 g/mol. The van der Waals surface area contributed by atoms with Gasteiger partial charge in [-0.25, -0.2) is 0 Å². The molecule has 1 saturated heterocycles. The predicted octanol–water partition coefficient (Wildman–Crippen LogP) is 6.60. The van der Waals surface area contributed by atoms with Gasteiger partial charge in [0.05, 0.1) is 5.92 Å². The monoisotopic (exact) mass is 525 g/mol. The molecule has 1 aliphatic heterocycles. The molecule has 1 atom stereocenters. The van der Waals surface area contributed by atoms with E-state index >= 15 is 0 Å². The number of nitrogens with zero attached hydrogens (tertiary/aromatic N) is 1. The molecule has 2 aliphatic rings. The van der Waals surface area contributed by atoms with Crippen molar-refractivity contribution in [2.75, 3.05) is 26.2 Å². The molecule has 3 aromatic rings. The molecule has 5 heteroatoms. The summed E-state index contributed by atoms with van der Waals surface area (Å²) in [5, 5.41) is 10.5. The van der Waals surface area contributed by atoms with Crippen molar-refractivity contribution in [3.63, 3.8) is 0 Å². The molecule has 0 amide bonds. The molecule has 1 N–H and O–H groups in total. The second kappa shape index (κ2) is 13.1. The van der Waals surface area contributed by atoms with Crippen LogP contribution in [-0.4, -0.2) is 48.3 Å². The van der Waals surface area contributed by atoms with E-state index in [0.29, 0.717) is 12.3 Å². The van der Waals surface area contributed by atoms with E-state index in [1.165, 1.54) is 30.4 Å². The molecule has 39 heavy (non-hydrogen) atoms. The highest BCUT2D eigenvalue weighted by atomic mass is 16.5. The summed E-state index contributed by atoms with van der Waals surface area (Å²) in [6.45, 7) is 5.24. The van der Waals surface area contributed by atoms with Gasteiger partial charge in [0.15, 0.2) is 0 Å². The number of ether oxygens (including phenoxy) is 2. The number of β-amino-alcohol motifs (C(OH)–C–C–N with tert-alkyl or cyclic N) is 1. The molecule has 0 aromatic heterocycles. The highest BCUT2D eigenvalue weighted by molar-refractivity contribution is 5.98. The maximum absolute atomic E-state index is 12.1. The Labute approximate surface area is 232 Å². The van der Waals surface area contributed by atoms with Gasteiger partial charge >= 0.3 is 5.97 Å². The molecule has 3 aromatic carbocycles. The van der Waals surface area contributed by atoms with Gasteiger partial charge in [-0.2, -0.15) is 0 Å². The van der Waals surface area contributed by atoms with E-state index in [9.17, 15) is 9.90 Å². The number of likely N-dealkylation sites (tertiary alicyclic amines) is 1. The van der Waals surface area contributed by atoms with Crippen molar-refractivity contribution in [2.24, 2.45) is 5.92 Å². The number of allylic oxidation sites excluding steroid dienone is 1. The summed E-state index contributed by atoms with van der Waals surface area (Å²) in [5.74, 6) is 1.26. The molecule has 1 saturated carbocycles. The zero-order chi connectivity index (χ0) is 27.0. The predicted molar refractivity (Wildman–Crippen MR) is 156 cm³/mol. The molecule has 5 rings (SSSR count). The SMILES string of the molecule is CC/C(=C(/c1ccc(OCC(O)CN2CCCCC2)cc1)c1ccc(OC(=O)C2CC2)cc1)c1ccccc1. The largest absolute Gasteiger partial charge is 0.491 e. The summed E-state index contributed by atoms with van der Waals surface area (Å²) in [6, 6.07) is 26.4. The quantitative estimate of drug-likeness (QED) is 0.174. The number of aliphatic hydroxyl groups excluding tert-OH is 1. The third-order valence-electron chi connectivity index (χ3n) is 7.55. The normalized spacial score (nSPS) is 17.3. The summed E-state index contributed by atoms with van der Waals surface area (Å²) in [4.78, 5) is 14.4. The minimum absolute atomic E-state index is 0.0662. The molecule has 0 radical (unpaired) electrons. The fourth-order valence-electron chi connectivity index (χ4n) is 5.29. The van der Waals surface area contributed by atoms with Gasteiger partial charge < -0.3 is 19.5 Å². The summed E-state index contributed by atoms with van der Waals surface area (Å²) < 4.78 is 11.5. The highest BCUT2D eigenvalue weighted by Gasteiger charge is 2.31. The van der Waals surface area contributed by atoms with Gasteiger partial charge in [-0.05, 0) is 97.3 Å². The van der Waals surface area contributed by atoms with Crippen LogP contribution in [0.25, 0.3) is 11.1 Å². The first kappa shape index (κ1) is 27.2. The Morgan fingerprint density at radius 3 is 2.05 bits per heavy atom. The number of piperidine rings is 1. The van der Waals surface area contributed by atoms with Crippen molar-refractivity contribution in [3.8, 4) is 11.5 Å². The van der Waals surface area contributed by atoms with Crippen LogP contribution >= 0.6 is 0 Å². The minimum atomic E-state index is -0.504. The number of rotatable bonds is 11. The molecule has 204 valence electrons. The van der Waals surface area contributed by atoms with E-state index < -0.39 is 6.10 Å². The molecule has 1 heterocycles. The Balaban J connectivity index is 1.35. The van der Waals surface area contributed by atoms with Crippen LogP contribution in [0.1, 0.15) is 62.1 Å². The Kier molecular flexibility index (Phi) is 9.12. The second-order valence-corrected chi connectivity index (χ2v) is 10.6. The zero-order valence-electron chi connectivity index (χ0n) is 22.9. The first-order valence-electron chi connectivity index (χ1n) is 14.3. The van der Waals surface area contributed by atoms with Crippen LogP contribution in [0.4, 0.5) is 0 Å². The summed E-state index contributed by atoms with van der Waals surface area (Å²) >= 11 is 0. The smallest absolute Gasteiger partial charge is 0.314 e. The fourth-order valence-corrected chi connectivity index (χ4v) is 5.29. The lowest BCUT2D eigenvalue weighted by Crippen LogP contribution is -2.38. The van der Waals surface area contributed by atoms with E-state index in [1.54, 1.807) is 0 Å². The molecule has 1 aliphatic carbocycles. The first-order valence-corrected chi connectivity index (χ1v) is 14.3. The van der Waals surface area contributed by atoms with E-state index in [0.717, 1.165) is 54.8 Å². The fraction of sp³-hybridized carbons (Fsp3) is 0.382. The molecule has 0 spiro atoms. The molecular weight excluding hydrogens is 486 g/mol. The Morgan fingerprint density at radius 1 is 0.846 bits per heavy atom. The summed E-state index contributed by atoms with van der Waals surface area (Å²) in [7, 11) is 0. The number of benzene rings is 3. The van der Waals surface area contributed by atoms with Gasteiger partial charge in [0, 0.05) is 6.54 Å². The number of hydrogen-bond acceptors (Lipinski definition) is 5. The van der Waals surface area contributed by atoms with Crippen LogP contribution < -0.4 is 9.47 Å². The number of hydrogen-bond donors (Lipinski definition) is 1. The van der Waals surface area contributed by atoms with Crippen molar-refractivity contribution < 1.29 is 19.4 Å². The van der Waals surface area contributed by atoms with Crippen molar-refractivity contribution in [1.29, 1.82) is 0 Å². The third kappa shape index (κ3) is 7.37. The van der Waals surface area contributed by atoms with E-state index in [-0.39, 0.29) is 18.5 Å². The third-order valence-corrected chi connectivity index (χ3v) is 7.55. The van der Waals surface area contributed by atoms with E-state index in [2.05, 4.69) is 48.2 Å². The maximum Gasteiger partial charge on any atom is 0.314 e. The number of carbonyl (C=O) groups is 1. The lowest BCUT2D eigenvalue weighted by molar-refractivity contribution is -0.135. The lowest BCUT2D eigenvalue weighted by Gasteiger charge is -2.28. The minimum Gasteiger partial charge on any atom is -0.491 e. The highest BCUT2D eigenvalue weighted by Crippen LogP contribution is 2.36. The molecular formula is C34H39NO4. The van der Waals surface area contributed by atoms with Crippen molar-refractivity contribution in [3.05, 3.63) is 95.6 Å². The zero-order valence-corrected chi connectivity index (χ0v) is 22.9. The van der Waals surface area contributed by atoms with E-state index in [4.69, 9.17) is 9.47 Å². The molecule has 1 unspecified atom stereocenters.